The maximum atomic E-state index is 6.22. The molecule has 0 amide bonds. The molecule has 0 aliphatic heterocycles. The Labute approximate surface area is 121 Å². The molecule has 0 bridgehead atoms. The van der Waals surface area contributed by atoms with Gasteiger partial charge in [-0.25, -0.2) is 4.98 Å². The molecule has 1 aromatic heterocycles. The highest BCUT2D eigenvalue weighted by Crippen LogP contribution is 2.34. The van der Waals surface area contributed by atoms with Crippen molar-refractivity contribution in [3.05, 3.63) is 6.33 Å². The normalized spacial score (nSPS) is 15.8. The first-order valence-electron chi connectivity index (χ1n) is 7.63. The van der Waals surface area contributed by atoms with Gasteiger partial charge in [-0.2, -0.15) is 4.98 Å². The summed E-state index contributed by atoms with van der Waals surface area (Å²) in [6.07, 6.45) is 6.59. The lowest BCUT2D eigenvalue weighted by Gasteiger charge is -2.32. The molecule has 1 fully saturated rings. The van der Waals surface area contributed by atoms with Crippen LogP contribution in [0.2, 0.25) is 0 Å². The summed E-state index contributed by atoms with van der Waals surface area (Å²) in [7, 11) is 0. The predicted molar refractivity (Wildman–Crippen MR) is 82.1 cm³/mol. The lowest BCUT2D eigenvalue weighted by atomic mass is 10.1. The van der Waals surface area contributed by atoms with Gasteiger partial charge in [0.15, 0.2) is 5.82 Å². The molecule has 1 saturated carbocycles. The molecule has 1 aromatic rings. The fourth-order valence-electron chi connectivity index (χ4n) is 2.87. The highest BCUT2D eigenvalue weighted by atomic mass is 16.5. The number of hydrogen-bond donors (Lipinski definition) is 1. The molecule has 0 saturated heterocycles. The third kappa shape index (κ3) is 3.32. The van der Waals surface area contributed by atoms with Crippen LogP contribution in [0.4, 0.5) is 11.5 Å². The van der Waals surface area contributed by atoms with Crippen LogP contribution in [-0.4, -0.2) is 29.2 Å². The van der Waals surface area contributed by atoms with E-state index < -0.39 is 0 Å². The Morgan fingerprint density at radius 2 is 2.05 bits per heavy atom. The highest BCUT2D eigenvalue weighted by Gasteiger charge is 2.27. The van der Waals surface area contributed by atoms with Gasteiger partial charge in [-0.15, -0.1) is 0 Å². The van der Waals surface area contributed by atoms with Gasteiger partial charge in [-0.05, 0) is 25.7 Å². The zero-order valence-corrected chi connectivity index (χ0v) is 12.8. The van der Waals surface area contributed by atoms with E-state index in [-0.39, 0.29) is 0 Å². The van der Waals surface area contributed by atoms with E-state index >= 15 is 0 Å². The lowest BCUT2D eigenvalue weighted by Crippen LogP contribution is -2.37. The third-order valence-electron chi connectivity index (χ3n) is 3.71. The quantitative estimate of drug-likeness (QED) is 0.866. The van der Waals surface area contributed by atoms with Crippen molar-refractivity contribution in [1.29, 1.82) is 0 Å². The number of hydrogen-bond acceptors (Lipinski definition) is 5. The standard InChI is InChI=1S/C15H26N4O/c1-4-20-15-13(16)14(17-10-18-15)19(9-11(2)3)12-7-5-6-8-12/h10-12H,4-9,16H2,1-3H3. The monoisotopic (exact) mass is 278 g/mol. The number of ether oxygens (including phenoxy) is 1. The van der Waals surface area contributed by atoms with Gasteiger partial charge in [0.2, 0.25) is 5.88 Å². The second-order valence-electron chi connectivity index (χ2n) is 5.83. The maximum Gasteiger partial charge on any atom is 0.242 e. The molecule has 1 aliphatic carbocycles. The largest absolute Gasteiger partial charge is 0.476 e. The summed E-state index contributed by atoms with van der Waals surface area (Å²) in [6, 6.07) is 0.545. The number of nitrogen functional groups attached to an aromatic ring is 1. The van der Waals surface area contributed by atoms with E-state index in [1.165, 1.54) is 25.7 Å². The summed E-state index contributed by atoms with van der Waals surface area (Å²) >= 11 is 0. The SMILES string of the molecule is CCOc1ncnc(N(CC(C)C)C2CCCC2)c1N. The third-order valence-corrected chi connectivity index (χ3v) is 3.71. The van der Waals surface area contributed by atoms with Crippen LogP contribution in [0.3, 0.4) is 0 Å². The van der Waals surface area contributed by atoms with Gasteiger partial charge in [-0.3, -0.25) is 0 Å². The minimum Gasteiger partial charge on any atom is -0.476 e. The highest BCUT2D eigenvalue weighted by molar-refractivity contribution is 5.68. The summed E-state index contributed by atoms with van der Waals surface area (Å²) < 4.78 is 5.49. The molecule has 0 aromatic carbocycles. The zero-order chi connectivity index (χ0) is 14.5. The maximum absolute atomic E-state index is 6.22. The molecule has 2 N–H and O–H groups in total. The fourth-order valence-corrected chi connectivity index (χ4v) is 2.87. The van der Waals surface area contributed by atoms with Gasteiger partial charge >= 0.3 is 0 Å². The summed E-state index contributed by atoms with van der Waals surface area (Å²) in [5, 5.41) is 0. The second kappa shape index (κ2) is 6.77. The van der Waals surface area contributed by atoms with Gasteiger partial charge in [0.25, 0.3) is 0 Å². The molecule has 2 rings (SSSR count). The van der Waals surface area contributed by atoms with Crippen LogP contribution in [0.25, 0.3) is 0 Å². The second-order valence-corrected chi connectivity index (χ2v) is 5.83. The molecule has 0 atom stereocenters. The first-order chi connectivity index (χ1) is 9.63. The van der Waals surface area contributed by atoms with Crippen LogP contribution >= 0.6 is 0 Å². The molecule has 0 radical (unpaired) electrons. The molecule has 5 heteroatoms. The Balaban J connectivity index is 2.29. The van der Waals surface area contributed by atoms with Crippen molar-refractivity contribution < 1.29 is 4.74 Å². The predicted octanol–water partition coefficient (Wildman–Crippen LogP) is 2.86. The lowest BCUT2D eigenvalue weighted by molar-refractivity contribution is 0.328. The van der Waals surface area contributed by atoms with Gasteiger partial charge in [0.05, 0.1) is 6.61 Å². The summed E-state index contributed by atoms with van der Waals surface area (Å²) in [5.41, 5.74) is 6.79. The van der Waals surface area contributed by atoms with E-state index in [1.807, 2.05) is 6.92 Å². The fraction of sp³-hybridized carbons (Fsp3) is 0.733. The molecule has 0 unspecified atom stereocenters. The van der Waals surface area contributed by atoms with Gasteiger partial charge in [0, 0.05) is 12.6 Å². The first-order valence-corrected chi connectivity index (χ1v) is 7.63. The average Bonchev–Trinajstić information content (AvgIpc) is 2.93. The average molecular weight is 278 g/mol. The van der Waals surface area contributed by atoms with E-state index in [1.54, 1.807) is 6.33 Å². The molecule has 0 spiro atoms. The Morgan fingerprint density at radius 1 is 1.35 bits per heavy atom. The van der Waals surface area contributed by atoms with E-state index in [9.17, 15) is 0 Å². The van der Waals surface area contributed by atoms with Crippen molar-refractivity contribution in [2.45, 2.75) is 52.5 Å². The summed E-state index contributed by atoms with van der Waals surface area (Å²) in [6.45, 7) is 7.92. The molecular weight excluding hydrogens is 252 g/mol. The summed E-state index contributed by atoms with van der Waals surface area (Å²) in [4.78, 5) is 10.9. The molecular formula is C15H26N4O. The van der Waals surface area contributed by atoms with E-state index in [4.69, 9.17) is 10.5 Å². The topological polar surface area (TPSA) is 64.3 Å². The Morgan fingerprint density at radius 3 is 2.65 bits per heavy atom. The molecule has 1 aliphatic rings. The Hall–Kier alpha value is -1.52. The van der Waals surface area contributed by atoms with Gasteiger partial charge in [-0.1, -0.05) is 26.7 Å². The van der Waals surface area contributed by atoms with E-state index in [2.05, 4.69) is 28.7 Å². The van der Waals surface area contributed by atoms with Crippen LogP contribution in [0, 0.1) is 5.92 Å². The number of anilines is 2. The number of rotatable bonds is 6. The minimum atomic E-state index is 0.504. The Kier molecular flexibility index (Phi) is 5.04. The van der Waals surface area contributed by atoms with Crippen molar-refractivity contribution >= 4 is 11.5 Å². The van der Waals surface area contributed by atoms with E-state index in [0.29, 0.717) is 30.1 Å². The van der Waals surface area contributed by atoms with Crippen molar-refractivity contribution in [3.8, 4) is 5.88 Å². The molecule has 5 nitrogen and oxygen atoms in total. The smallest absolute Gasteiger partial charge is 0.242 e. The van der Waals surface area contributed by atoms with Crippen molar-refractivity contribution in [3.63, 3.8) is 0 Å². The van der Waals surface area contributed by atoms with Crippen LogP contribution in [0.15, 0.2) is 6.33 Å². The van der Waals surface area contributed by atoms with Gasteiger partial charge < -0.3 is 15.4 Å². The van der Waals surface area contributed by atoms with Crippen molar-refractivity contribution in [2.24, 2.45) is 5.92 Å². The number of nitrogens with two attached hydrogens (primary N) is 1. The van der Waals surface area contributed by atoms with Crippen LogP contribution in [0.1, 0.15) is 46.5 Å². The van der Waals surface area contributed by atoms with E-state index in [0.717, 1.165) is 12.4 Å². The summed E-state index contributed by atoms with van der Waals surface area (Å²) in [5.74, 6) is 1.91. The number of nitrogens with zero attached hydrogens (tertiary/aromatic N) is 3. The first kappa shape index (κ1) is 14.9. The van der Waals surface area contributed by atoms with Crippen LogP contribution < -0.4 is 15.4 Å². The minimum absolute atomic E-state index is 0.504. The van der Waals surface area contributed by atoms with Gasteiger partial charge in [0.1, 0.15) is 12.0 Å². The Bertz CT molecular complexity index is 430. The van der Waals surface area contributed by atoms with Crippen molar-refractivity contribution in [1.82, 2.24) is 9.97 Å². The molecule has 1 heterocycles. The van der Waals surface area contributed by atoms with Crippen LogP contribution in [0.5, 0.6) is 5.88 Å². The van der Waals surface area contributed by atoms with Crippen LogP contribution in [-0.2, 0) is 0 Å². The zero-order valence-electron chi connectivity index (χ0n) is 12.8. The molecule has 20 heavy (non-hydrogen) atoms. The van der Waals surface area contributed by atoms with Crippen molar-refractivity contribution in [2.75, 3.05) is 23.8 Å². The number of aromatic nitrogens is 2. The molecule has 112 valence electrons.